The number of anilines is 1. The average molecular weight is 423 g/mol. The van der Waals surface area contributed by atoms with Crippen molar-refractivity contribution in [3.63, 3.8) is 0 Å². The van der Waals surface area contributed by atoms with E-state index >= 15 is 0 Å². The maximum Gasteiger partial charge on any atom is 0.248 e. The van der Waals surface area contributed by atoms with Gasteiger partial charge in [0.05, 0.1) is 18.3 Å². The fraction of sp³-hybridized carbons (Fsp3) is 0.0385. The van der Waals surface area contributed by atoms with Gasteiger partial charge in [-0.25, -0.2) is 4.98 Å². The minimum atomic E-state index is -0.531. The highest BCUT2D eigenvalue weighted by Crippen LogP contribution is 2.22. The number of aromatic nitrogens is 1. The summed E-state index contributed by atoms with van der Waals surface area (Å²) in [6, 6.07) is 27.9. The first-order chi connectivity index (χ1) is 15.6. The van der Waals surface area contributed by atoms with Gasteiger partial charge in [-0.3, -0.25) is 9.59 Å². The maximum atomic E-state index is 12.4. The number of rotatable bonds is 7. The van der Waals surface area contributed by atoms with Gasteiger partial charge < -0.3 is 15.8 Å². The van der Waals surface area contributed by atoms with Gasteiger partial charge in [-0.05, 0) is 41.0 Å². The summed E-state index contributed by atoms with van der Waals surface area (Å²) in [6.45, 7) is 0. The molecule has 0 spiro atoms. The number of carbonyl (C=O) groups excluding carboxylic acids is 2. The maximum absolute atomic E-state index is 12.4. The van der Waals surface area contributed by atoms with Crippen LogP contribution in [-0.4, -0.2) is 16.8 Å². The van der Waals surface area contributed by atoms with E-state index in [1.165, 1.54) is 6.20 Å². The van der Waals surface area contributed by atoms with Crippen LogP contribution in [0, 0.1) is 0 Å². The Labute approximate surface area is 185 Å². The van der Waals surface area contributed by atoms with Crippen LogP contribution >= 0.6 is 0 Å². The van der Waals surface area contributed by atoms with Crippen molar-refractivity contribution in [2.75, 3.05) is 5.32 Å². The molecule has 1 heterocycles. The molecule has 0 aliphatic carbocycles. The van der Waals surface area contributed by atoms with Gasteiger partial charge in [-0.15, -0.1) is 0 Å². The Morgan fingerprint density at radius 1 is 0.844 bits per heavy atom. The second-order valence-corrected chi connectivity index (χ2v) is 7.17. The molecule has 1 aromatic heterocycles. The summed E-state index contributed by atoms with van der Waals surface area (Å²) in [5.41, 5.74) is 9.36. The minimum Gasteiger partial charge on any atom is -0.439 e. The van der Waals surface area contributed by atoms with E-state index in [9.17, 15) is 9.59 Å². The van der Waals surface area contributed by atoms with E-state index in [2.05, 4.69) is 22.4 Å². The molecule has 0 bridgehead atoms. The van der Waals surface area contributed by atoms with Crippen molar-refractivity contribution < 1.29 is 14.3 Å². The summed E-state index contributed by atoms with van der Waals surface area (Å²) in [7, 11) is 0. The molecule has 4 aromatic rings. The van der Waals surface area contributed by atoms with E-state index in [4.69, 9.17) is 10.5 Å². The largest absolute Gasteiger partial charge is 0.439 e. The third-order valence-electron chi connectivity index (χ3n) is 4.79. The van der Waals surface area contributed by atoms with E-state index in [-0.39, 0.29) is 12.3 Å². The first kappa shape index (κ1) is 20.8. The van der Waals surface area contributed by atoms with Gasteiger partial charge in [0.2, 0.25) is 17.7 Å². The lowest BCUT2D eigenvalue weighted by Crippen LogP contribution is -2.14. The Hall–Kier alpha value is -4.45. The van der Waals surface area contributed by atoms with Gasteiger partial charge in [-0.2, -0.15) is 0 Å². The number of amides is 2. The molecule has 3 aromatic carbocycles. The number of primary amides is 1. The fourth-order valence-electron chi connectivity index (χ4n) is 3.18. The van der Waals surface area contributed by atoms with Gasteiger partial charge in [0.25, 0.3) is 0 Å². The Balaban J connectivity index is 1.34. The van der Waals surface area contributed by atoms with Crippen molar-refractivity contribution in [2.24, 2.45) is 5.73 Å². The molecule has 158 valence electrons. The second kappa shape index (κ2) is 9.57. The van der Waals surface area contributed by atoms with Crippen molar-refractivity contribution in [3.05, 3.63) is 108 Å². The molecule has 0 saturated carbocycles. The second-order valence-electron chi connectivity index (χ2n) is 7.17. The van der Waals surface area contributed by atoms with Crippen LogP contribution in [0.4, 0.5) is 5.69 Å². The molecule has 32 heavy (non-hydrogen) atoms. The van der Waals surface area contributed by atoms with Crippen LogP contribution in [0.2, 0.25) is 0 Å². The predicted molar refractivity (Wildman–Crippen MR) is 123 cm³/mol. The zero-order valence-electron chi connectivity index (χ0n) is 17.2. The number of benzene rings is 3. The SMILES string of the molecule is NC(=O)c1cccc(Oc2ccc(NC(=O)Cc3ccc(-c4ccccc4)cc3)cn2)c1. The number of pyridine rings is 1. The number of nitrogens with two attached hydrogens (primary N) is 1. The highest BCUT2D eigenvalue weighted by Gasteiger charge is 2.07. The first-order valence-corrected chi connectivity index (χ1v) is 10.0. The quantitative estimate of drug-likeness (QED) is 0.446. The van der Waals surface area contributed by atoms with Crippen LogP contribution in [0.5, 0.6) is 11.6 Å². The number of carbonyl (C=O) groups is 2. The summed E-state index contributed by atoms with van der Waals surface area (Å²) < 4.78 is 5.64. The monoisotopic (exact) mass is 423 g/mol. The molecule has 6 nitrogen and oxygen atoms in total. The molecule has 0 radical (unpaired) electrons. The lowest BCUT2D eigenvalue weighted by Gasteiger charge is -2.08. The summed E-state index contributed by atoms with van der Waals surface area (Å²) in [5.74, 6) is 0.115. The number of nitrogens with one attached hydrogen (secondary N) is 1. The lowest BCUT2D eigenvalue weighted by molar-refractivity contribution is -0.115. The number of hydrogen-bond acceptors (Lipinski definition) is 4. The summed E-state index contributed by atoms with van der Waals surface area (Å²) >= 11 is 0. The third kappa shape index (κ3) is 5.37. The molecule has 0 aliphatic heterocycles. The van der Waals surface area contributed by atoms with Gasteiger partial charge in [0.1, 0.15) is 5.75 Å². The molecule has 2 amide bonds. The van der Waals surface area contributed by atoms with E-state index < -0.39 is 5.91 Å². The molecule has 0 fully saturated rings. The van der Waals surface area contributed by atoms with Crippen LogP contribution in [0.15, 0.2) is 97.2 Å². The Morgan fingerprint density at radius 2 is 1.59 bits per heavy atom. The molecule has 4 rings (SSSR count). The van der Waals surface area contributed by atoms with E-state index in [0.29, 0.717) is 22.9 Å². The molecule has 0 aliphatic rings. The Kier molecular flexibility index (Phi) is 6.22. The molecule has 3 N–H and O–H groups in total. The molecule has 0 atom stereocenters. The number of ether oxygens (including phenoxy) is 1. The van der Waals surface area contributed by atoms with Gasteiger partial charge in [0, 0.05) is 11.6 Å². The topological polar surface area (TPSA) is 94.3 Å². The number of nitrogens with zero attached hydrogens (tertiary/aromatic N) is 1. The fourth-order valence-corrected chi connectivity index (χ4v) is 3.18. The van der Waals surface area contributed by atoms with E-state index in [1.807, 2.05) is 42.5 Å². The van der Waals surface area contributed by atoms with Crippen molar-refractivity contribution in [1.82, 2.24) is 4.98 Å². The Bertz CT molecular complexity index is 1220. The van der Waals surface area contributed by atoms with Crippen LogP contribution < -0.4 is 15.8 Å². The van der Waals surface area contributed by atoms with Crippen LogP contribution in [0.25, 0.3) is 11.1 Å². The zero-order chi connectivity index (χ0) is 22.3. The van der Waals surface area contributed by atoms with E-state index in [1.54, 1.807) is 36.4 Å². The van der Waals surface area contributed by atoms with E-state index in [0.717, 1.165) is 16.7 Å². The van der Waals surface area contributed by atoms with Crippen molar-refractivity contribution in [2.45, 2.75) is 6.42 Å². The van der Waals surface area contributed by atoms with Crippen molar-refractivity contribution in [3.8, 4) is 22.8 Å². The molecule has 6 heteroatoms. The predicted octanol–water partition coefficient (Wildman–Crippen LogP) is 4.82. The normalized spacial score (nSPS) is 10.4. The van der Waals surface area contributed by atoms with Gasteiger partial charge in [-0.1, -0.05) is 60.7 Å². The van der Waals surface area contributed by atoms with Crippen LogP contribution in [-0.2, 0) is 11.2 Å². The average Bonchev–Trinajstić information content (AvgIpc) is 2.81. The molecule has 0 unspecified atom stereocenters. The zero-order valence-corrected chi connectivity index (χ0v) is 17.2. The first-order valence-electron chi connectivity index (χ1n) is 10.0. The minimum absolute atomic E-state index is 0.137. The molecular formula is C26H21N3O3. The highest BCUT2D eigenvalue weighted by atomic mass is 16.5. The van der Waals surface area contributed by atoms with Crippen molar-refractivity contribution in [1.29, 1.82) is 0 Å². The summed E-state index contributed by atoms with van der Waals surface area (Å²) in [5, 5.41) is 2.83. The highest BCUT2D eigenvalue weighted by molar-refractivity contribution is 5.93. The van der Waals surface area contributed by atoms with Crippen molar-refractivity contribution >= 4 is 17.5 Å². The number of hydrogen-bond donors (Lipinski definition) is 2. The van der Waals surface area contributed by atoms with Gasteiger partial charge >= 0.3 is 0 Å². The Morgan fingerprint density at radius 3 is 2.28 bits per heavy atom. The van der Waals surface area contributed by atoms with Gasteiger partial charge in [0.15, 0.2) is 0 Å². The summed E-state index contributed by atoms with van der Waals surface area (Å²) in [4.78, 5) is 27.9. The smallest absolute Gasteiger partial charge is 0.248 e. The van der Waals surface area contributed by atoms with Crippen LogP contribution in [0.1, 0.15) is 15.9 Å². The third-order valence-corrected chi connectivity index (χ3v) is 4.79. The standard InChI is InChI=1S/C26H21N3O3/c27-26(31)21-7-4-8-23(16-21)32-25-14-13-22(17-28-25)29-24(30)15-18-9-11-20(12-10-18)19-5-2-1-3-6-19/h1-14,16-17H,15H2,(H2,27,31)(H,29,30). The summed E-state index contributed by atoms with van der Waals surface area (Å²) in [6.07, 6.45) is 1.77. The molecular weight excluding hydrogens is 402 g/mol. The lowest BCUT2D eigenvalue weighted by atomic mass is 10.0. The van der Waals surface area contributed by atoms with Crippen LogP contribution in [0.3, 0.4) is 0 Å². The molecule has 0 saturated heterocycles.